The minimum absolute atomic E-state index is 0.350. The molecular weight excluding hydrogens is 262 g/mol. The molecule has 1 aromatic carbocycles. The molecule has 3 N–H and O–H groups in total. The molecule has 0 spiro atoms. The van der Waals surface area contributed by atoms with E-state index >= 15 is 0 Å². The first-order valence-corrected chi connectivity index (χ1v) is 7.58. The predicted molar refractivity (Wildman–Crippen MR) is 84.0 cm³/mol. The Morgan fingerprint density at radius 3 is 2.62 bits per heavy atom. The molecular formula is C16H23N5. The number of nitrogen functional groups attached to an aromatic ring is 1. The van der Waals surface area contributed by atoms with Crippen molar-refractivity contribution in [3.05, 3.63) is 40.7 Å². The van der Waals surface area contributed by atoms with Crippen molar-refractivity contribution >= 4 is 5.95 Å². The maximum Gasteiger partial charge on any atom is 0.239 e. The predicted octanol–water partition coefficient (Wildman–Crippen LogP) is 2.38. The highest BCUT2D eigenvalue weighted by Gasteiger charge is 2.23. The second kappa shape index (κ2) is 5.85. The molecule has 0 saturated carbocycles. The Labute approximate surface area is 125 Å². The Balaban J connectivity index is 1.57. The van der Waals surface area contributed by atoms with Gasteiger partial charge >= 0.3 is 0 Å². The Morgan fingerprint density at radius 1 is 1.24 bits per heavy atom. The molecule has 1 aliphatic rings. The number of aromatic amines is 1. The summed E-state index contributed by atoms with van der Waals surface area (Å²) >= 11 is 0. The quantitative estimate of drug-likeness (QED) is 0.908. The van der Waals surface area contributed by atoms with Crippen molar-refractivity contribution in [1.82, 2.24) is 20.1 Å². The van der Waals surface area contributed by atoms with Crippen LogP contribution >= 0.6 is 0 Å². The van der Waals surface area contributed by atoms with E-state index in [1.165, 1.54) is 16.7 Å². The molecule has 2 aromatic rings. The van der Waals surface area contributed by atoms with Crippen LogP contribution in [0.2, 0.25) is 0 Å². The van der Waals surface area contributed by atoms with Crippen molar-refractivity contribution in [3.8, 4) is 0 Å². The highest BCUT2D eigenvalue weighted by molar-refractivity contribution is 5.29. The zero-order valence-corrected chi connectivity index (χ0v) is 12.8. The number of hydrogen-bond acceptors (Lipinski definition) is 4. The number of anilines is 1. The molecule has 1 saturated heterocycles. The van der Waals surface area contributed by atoms with Crippen LogP contribution in [0.15, 0.2) is 18.2 Å². The summed E-state index contributed by atoms with van der Waals surface area (Å²) in [4.78, 5) is 6.77. The van der Waals surface area contributed by atoms with E-state index in [1.807, 2.05) is 0 Å². The van der Waals surface area contributed by atoms with Crippen LogP contribution in [-0.2, 0) is 6.54 Å². The number of aryl methyl sites for hydroxylation is 2. The van der Waals surface area contributed by atoms with E-state index in [4.69, 9.17) is 5.73 Å². The number of rotatable bonds is 3. The number of hydrogen-bond donors (Lipinski definition) is 2. The summed E-state index contributed by atoms with van der Waals surface area (Å²) in [6.07, 6.45) is 2.22. The van der Waals surface area contributed by atoms with Gasteiger partial charge in [-0.3, -0.25) is 10.00 Å². The van der Waals surface area contributed by atoms with Gasteiger partial charge in [0.2, 0.25) is 5.95 Å². The van der Waals surface area contributed by atoms with Gasteiger partial charge in [0, 0.05) is 12.5 Å². The zero-order chi connectivity index (χ0) is 14.8. The Kier molecular flexibility index (Phi) is 3.92. The number of nitrogens with two attached hydrogens (primary N) is 1. The van der Waals surface area contributed by atoms with Gasteiger partial charge in [0.25, 0.3) is 0 Å². The summed E-state index contributed by atoms with van der Waals surface area (Å²) in [6.45, 7) is 7.57. The summed E-state index contributed by atoms with van der Waals surface area (Å²) in [5.74, 6) is 1.76. The highest BCUT2D eigenvalue weighted by atomic mass is 15.3. The number of H-pyrrole nitrogens is 1. The standard InChI is InChI=1S/C16H23N5/c1-11-3-4-13(9-12(11)2)10-21-7-5-14(6-8-21)15-18-16(17)20-19-15/h3-4,9,14H,5-8,10H2,1-2H3,(H3,17,18,19,20). The second-order valence-corrected chi connectivity index (χ2v) is 6.05. The van der Waals surface area contributed by atoms with Gasteiger partial charge in [0.05, 0.1) is 0 Å². The number of piperidine rings is 1. The van der Waals surface area contributed by atoms with Crippen LogP contribution in [0, 0.1) is 13.8 Å². The van der Waals surface area contributed by atoms with Crippen LogP contribution in [0.5, 0.6) is 0 Å². The summed E-state index contributed by atoms with van der Waals surface area (Å²) in [5, 5.41) is 6.87. The minimum atomic E-state index is 0.350. The van der Waals surface area contributed by atoms with Gasteiger partial charge in [-0.25, -0.2) is 0 Å². The van der Waals surface area contributed by atoms with Gasteiger partial charge in [-0.2, -0.15) is 4.98 Å². The largest absolute Gasteiger partial charge is 0.367 e. The lowest BCUT2D eigenvalue weighted by molar-refractivity contribution is 0.202. The van der Waals surface area contributed by atoms with E-state index in [0.717, 1.165) is 38.3 Å². The zero-order valence-electron chi connectivity index (χ0n) is 12.8. The number of benzene rings is 1. The Bertz CT molecular complexity index is 611. The Hall–Kier alpha value is -1.88. The fourth-order valence-electron chi connectivity index (χ4n) is 3.00. The number of nitrogens with zero attached hydrogens (tertiary/aromatic N) is 3. The fraction of sp³-hybridized carbons (Fsp3) is 0.500. The smallest absolute Gasteiger partial charge is 0.239 e. The van der Waals surface area contributed by atoms with Crippen LogP contribution in [0.3, 0.4) is 0 Å². The highest BCUT2D eigenvalue weighted by Crippen LogP contribution is 2.26. The monoisotopic (exact) mass is 285 g/mol. The number of nitrogens with one attached hydrogen (secondary N) is 1. The van der Waals surface area contributed by atoms with Gasteiger partial charge in [-0.05, 0) is 56.5 Å². The molecule has 0 aliphatic carbocycles. The maximum absolute atomic E-state index is 5.58. The first-order chi connectivity index (χ1) is 10.1. The van der Waals surface area contributed by atoms with Gasteiger partial charge in [-0.15, -0.1) is 5.10 Å². The molecule has 3 rings (SSSR count). The van der Waals surface area contributed by atoms with Crippen LogP contribution in [0.4, 0.5) is 5.95 Å². The van der Waals surface area contributed by atoms with Crippen molar-refractivity contribution in [3.63, 3.8) is 0 Å². The minimum Gasteiger partial charge on any atom is -0.367 e. The number of aromatic nitrogens is 3. The van der Waals surface area contributed by atoms with Crippen molar-refractivity contribution in [2.75, 3.05) is 18.8 Å². The third-order valence-corrected chi connectivity index (χ3v) is 4.47. The molecule has 2 heterocycles. The van der Waals surface area contributed by atoms with Gasteiger partial charge in [0.1, 0.15) is 5.82 Å². The van der Waals surface area contributed by atoms with Crippen molar-refractivity contribution < 1.29 is 0 Å². The fourth-order valence-corrected chi connectivity index (χ4v) is 3.00. The van der Waals surface area contributed by atoms with Gasteiger partial charge in [-0.1, -0.05) is 18.2 Å². The van der Waals surface area contributed by atoms with Crippen LogP contribution in [-0.4, -0.2) is 33.2 Å². The van der Waals surface area contributed by atoms with E-state index in [2.05, 4.69) is 52.1 Å². The van der Waals surface area contributed by atoms with Crippen molar-refractivity contribution in [2.45, 2.75) is 39.2 Å². The van der Waals surface area contributed by atoms with Crippen molar-refractivity contribution in [1.29, 1.82) is 0 Å². The first-order valence-electron chi connectivity index (χ1n) is 7.58. The van der Waals surface area contributed by atoms with E-state index in [-0.39, 0.29) is 0 Å². The van der Waals surface area contributed by atoms with Crippen molar-refractivity contribution in [2.24, 2.45) is 0 Å². The normalized spacial score (nSPS) is 17.2. The van der Waals surface area contributed by atoms with Crippen LogP contribution < -0.4 is 5.73 Å². The summed E-state index contributed by atoms with van der Waals surface area (Å²) in [7, 11) is 0. The molecule has 1 fully saturated rings. The molecule has 112 valence electrons. The van der Waals surface area contributed by atoms with E-state index in [0.29, 0.717) is 11.9 Å². The third-order valence-electron chi connectivity index (χ3n) is 4.47. The topological polar surface area (TPSA) is 70.8 Å². The van der Waals surface area contributed by atoms with Gasteiger partial charge < -0.3 is 5.73 Å². The molecule has 5 nitrogen and oxygen atoms in total. The maximum atomic E-state index is 5.58. The van der Waals surface area contributed by atoms with E-state index in [9.17, 15) is 0 Å². The van der Waals surface area contributed by atoms with E-state index in [1.54, 1.807) is 0 Å². The van der Waals surface area contributed by atoms with E-state index < -0.39 is 0 Å². The molecule has 0 radical (unpaired) electrons. The average molecular weight is 285 g/mol. The third kappa shape index (κ3) is 3.24. The lowest BCUT2D eigenvalue weighted by Gasteiger charge is -2.31. The lowest BCUT2D eigenvalue weighted by atomic mass is 9.95. The van der Waals surface area contributed by atoms with Crippen LogP contribution in [0.25, 0.3) is 0 Å². The summed E-state index contributed by atoms with van der Waals surface area (Å²) in [5.41, 5.74) is 9.72. The lowest BCUT2D eigenvalue weighted by Crippen LogP contribution is -2.32. The first kappa shape index (κ1) is 14.1. The summed E-state index contributed by atoms with van der Waals surface area (Å²) < 4.78 is 0. The summed E-state index contributed by atoms with van der Waals surface area (Å²) in [6, 6.07) is 6.76. The van der Waals surface area contributed by atoms with Crippen LogP contribution in [0.1, 0.15) is 41.3 Å². The molecule has 1 aliphatic heterocycles. The second-order valence-electron chi connectivity index (χ2n) is 6.05. The molecule has 0 unspecified atom stereocenters. The molecule has 0 atom stereocenters. The molecule has 5 heteroatoms. The molecule has 1 aromatic heterocycles. The Morgan fingerprint density at radius 2 is 2.00 bits per heavy atom. The SMILES string of the molecule is Cc1ccc(CN2CCC(c3nc(N)n[nH]3)CC2)cc1C. The molecule has 0 bridgehead atoms. The number of likely N-dealkylation sites (tertiary alicyclic amines) is 1. The van der Waals surface area contributed by atoms with Gasteiger partial charge in [0.15, 0.2) is 0 Å². The molecule has 21 heavy (non-hydrogen) atoms. The average Bonchev–Trinajstić information content (AvgIpc) is 2.90. The molecule has 0 amide bonds.